The molecule has 0 saturated carbocycles. The summed E-state index contributed by atoms with van der Waals surface area (Å²) in [4.78, 5) is 5.41. The molecule has 58 valence electrons. The van der Waals surface area contributed by atoms with Crippen LogP contribution in [0.5, 0.6) is 0 Å². The Morgan fingerprint density at radius 2 is 2.20 bits per heavy atom. The summed E-state index contributed by atoms with van der Waals surface area (Å²) in [7, 11) is -3.04. The molecule has 0 radical (unpaired) electrons. The van der Waals surface area contributed by atoms with E-state index in [0.29, 0.717) is 0 Å². The van der Waals surface area contributed by atoms with E-state index in [9.17, 15) is 4.57 Å². The van der Waals surface area contributed by atoms with Crippen molar-refractivity contribution >= 4 is 7.52 Å². The summed E-state index contributed by atoms with van der Waals surface area (Å²) in [6, 6.07) is 0. The molecule has 1 unspecified atom stereocenters. The minimum absolute atomic E-state index is 0.179. The fourth-order valence-electron chi connectivity index (χ4n) is 0.485. The highest BCUT2D eigenvalue weighted by molar-refractivity contribution is 7.56. The first kappa shape index (κ1) is 9.50. The van der Waals surface area contributed by atoms with E-state index in [4.69, 9.17) is 10.1 Å². The van der Waals surface area contributed by atoms with Crippen LogP contribution in [0.15, 0.2) is 4.88 Å². The first-order valence-electron chi connectivity index (χ1n) is 2.80. The molecule has 0 N–H and O–H groups in total. The number of rotatable bonds is 3. The first-order chi connectivity index (χ1) is 4.48. The zero-order valence-electron chi connectivity index (χ0n) is 6.18. The van der Waals surface area contributed by atoms with Crippen LogP contribution < -0.4 is 0 Å². The van der Waals surface area contributed by atoms with Gasteiger partial charge in [-0.1, -0.05) is 0 Å². The van der Waals surface area contributed by atoms with Crippen molar-refractivity contribution in [2.45, 2.75) is 20.0 Å². The molecule has 0 heterocycles. The second-order valence-corrected chi connectivity index (χ2v) is 4.13. The molecule has 0 spiro atoms. The lowest BCUT2D eigenvalue weighted by Gasteiger charge is -2.09. The molecule has 1 atom stereocenters. The summed E-state index contributed by atoms with van der Waals surface area (Å²) >= 11 is 0. The normalized spacial score (nSPS) is 16.0. The van der Waals surface area contributed by atoms with Crippen LogP contribution >= 0.6 is 7.52 Å². The monoisotopic (exact) mass is 163 g/mol. The van der Waals surface area contributed by atoms with E-state index >= 15 is 0 Å². The van der Waals surface area contributed by atoms with Gasteiger partial charge in [0.1, 0.15) is 0 Å². The van der Waals surface area contributed by atoms with Crippen molar-refractivity contribution in [1.29, 1.82) is 0 Å². The lowest BCUT2D eigenvalue weighted by atomic mass is 10.5. The van der Waals surface area contributed by atoms with E-state index in [1.807, 2.05) is 0 Å². The zero-order valence-corrected chi connectivity index (χ0v) is 7.08. The SMILES string of the molecule is CC(C)OP(C)(=O)N=[N+]=[N-]. The minimum Gasteiger partial charge on any atom is -0.322 e. The highest BCUT2D eigenvalue weighted by Crippen LogP contribution is 2.45. The van der Waals surface area contributed by atoms with Crippen LogP contribution in [0.25, 0.3) is 10.4 Å². The van der Waals surface area contributed by atoms with Crippen molar-refractivity contribution in [1.82, 2.24) is 0 Å². The fraction of sp³-hybridized carbons (Fsp3) is 1.00. The minimum atomic E-state index is -3.04. The van der Waals surface area contributed by atoms with Gasteiger partial charge in [-0.25, -0.2) is 0 Å². The Balaban J connectivity index is 4.14. The highest BCUT2D eigenvalue weighted by Gasteiger charge is 2.14. The molecular weight excluding hydrogens is 153 g/mol. The van der Waals surface area contributed by atoms with E-state index in [1.54, 1.807) is 13.8 Å². The average molecular weight is 163 g/mol. The molecule has 0 bridgehead atoms. The van der Waals surface area contributed by atoms with Crippen LogP contribution in [0.4, 0.5) is 0 Å². The summed E-state index contributed by atoms with van der Waals surface area (Å²) in [6.45, 7) is 4.73. The Morgan fingerprint density at radius 1 is 1.70 bits per heavy atom. The van der Waals surface area contributed by atoms with E-state index < -0.39 is 7.52 Å². The third kappa shape index (κ3) is 4.39. The Morgan fingerprint density at radius 3 is 2.50 bits per heavy atom. The lowest BCUT2D eigenvalue weighted by Crippen LogP contribution is -1.97. The summed E-state index contributed by atoms with van der Waals surface area (Å²) in [5.41, 5.74) is 7.92. The standard InChI is InChI=1S/C4H10N3O2P/c1-4(2)9-10(3,8)7-6-5/h4H,1-3H3. The molecule has 5 nitrogen and oxygen atoms in total. The van der Waals surface area contributed by atoms with Gasteiger partial charge in [-0.15, -0.1) is 0 Å². The Labute approximate surface area is 59.5 Å². The van der Waals surface area contributed by atoms with Crippen LogP contribution in [0.1, 0.15) is 13.8 Å². The number of nitrogens with zero attached hydrogens (tertiary/aromatic N) is 3. The van der Waals surface area contributed by atoms with Crippen molar-refractivity contribution in [2.24, 2.45) is 4.88 Å². The van der Waals surface area contributed by atoms with Crippen molar-refractivity contribution in [2.75, 3.05) is 6.66 Å². The molecule has 0 rings (SSSR count). The van der Waals surface area contributed by atoms with Gasteiger partial charge in [0, 0.05) is 11.6 Å². The first-order valence-corrected chi connectivity index (χ1v) is 4.83. The molecule has 6 heteroatoms. The Bertz CT molecular complexity index is 197. The van der Waals surface area contributed by atoms with Crippen LogP contribution in [-0.4, -0.2) is 12.8 Å². The molecule has 10 heavy (non-hydrogen) atoms. The van der Waals surface area contributed by atoms with Crippen LogP contribution in [-0.2, 0) is 9.09 Å². The fourth-order valence-corrected chi connectivity index (χ4v) is 1.45. The summed E-state index contributed by atoms with van der Waals surface area (Å²) in [6.07, 6.45) is -0.179. The molecular formula is C4H10N3O2P. The van der Waals surface area contributed by atoms with Crippen molar-refractivity contribution in [3.8, 4) is 0 Å². The highest BCUT2D eigenvalue weighted by atomic mass is 31.2. The molecule has 0 aromatic carbocycles. The van der Waals surface area contributed by atoms with Crippen molar-refractivity contribution in [3.05, 3.63) is 10.4 Å². The molecule has 0 aliphatic carbocycles. The van der Waals surface area contributed by atoms with Crippen molar-refractivity contribution in [3.63, 3.8) is 0 Å². The van der Waals surface area contributed by atoms with Crippen LogP contribution in [0.2, 0.25) is 0 Å². The summed E-state index contributed by atoms with van der Waals surface area (Å²) in [5, 5.41) is 0. The van der Waals surface area contributed by atoms with E-state index in [1.165, 1.54) is 6.66 Å². The van der Waals surface area contributed by atoms with E-state index in [0.717, 1.165) is 0 Å². The summed E-state index contributed by atoms with van der Waals surface area (Å²) < 4.78 is 15.8. The van der Waals surface area contributed by atoms with Gasteiger partial charge in [-0.05, 0) is 24.3 Å². The van der Waals surface area contributed by atoms with E-state index in [-0.39, 0.29) is 6.10 Å². The lowest BCUT2D eigenvalue weighted by molar-refractivity contribution is 0.246. The van der Waals surface area contributed by atoms with Gasteiger partial charge in [-0.2, -0.15) is 0 Å². The largest absolute Gasteiger partial charge is 0.322 e. The number of azide groups is 1. The van der Waals surface area contributed by atoms with Gasteiger partial charge in [0.15, 0.2) is 0 Å². The number of hydrogen-bond donors (Lipinski definition) is 0. The summed E-state index contributed by atoms with van der Waals surface area (Å²) in [5.74, 6) is 0. The smallest absolute Gasteiger partial charge is 0.286 e. The molecule has 0 fully saturated rings. The average Bonchev–Trinajstić information content (AvgIpc) is 1.59. The van der Waals surface area contributed by atoms with Gasteiger partial charge >= 0.3 is 0 Å². The molecule has 0 aliphatic rings. The van der Waals surface area contributed by atoms with Gasteiger partial charge in [0.2, 0.25) is 0 Å². The third-order valence-corrected chi connectivity index (χ3v) is 1.83. The molecule has 0 saturated heterocycles. The zero-order chi connectivity index (χ0) is 8.20. The second-order valence-electron chi connectivity index (χ2n) is 2.14. The second kappa shape index (κ2) is 3.62. The van der Waals surface area contributed by atoms with Crippen LogP contribution in [0, 0.1) is 0 Å². The van der Waals surface area contributed by atoms with Gasteiger partial charge < -0.3 is 4.52 Å². The van der Waals surface area contributed by atoms with Crippen molar-refractivity contribution < 1.29 is 9.09 Å². The maximum absolute atomic E-state index is 11.0. The Hall–Kier alpha value is -0.500. The molecule has 0 aromatic heterocycles. The molecule has 0 aromatic rings. The Kier molecular flexibility index (Phi) is 3.43. The number of hydrogen-bond acceptors (Lipinski definition) is 2. The molecule has 0 amide bonds. The third-order valence-electron chi connectivity index (χ3n) is 0.609. The predicted octanol–water partition coefficient (Wildman–Crippen LogP) is 2.54. The van der Waals surface area contributed by atoms with Gasteiger partial charge in [-0.3, -0.25) is 4.57 Å². The quantitative estimate of drug-likeness (QED) is 0.277. The van der Waals surface area contributed by atoms with Crippen LogP contribution in [0.3, 0.4) is 0 Å². The van der Waals surface area contributed by atoms with Gasteiger partial charge in [0.05, 0.1) is 6.10 Å². The van der Waals surface area contributed by atoms with Gasteiger partial charge in [0.25, 0.3) is 7.52 Å². The molecule has 0 aliphatic heterocycles. The maximum Gasteiger partial charge on any atom is 0.286 e. The maximum atomic E-state index is 11.0. The predicted molar refractivity (Wildman–Crippen MR) is 38.9 cm³/mol. The van der Waals surface area contributed by atoms with E-state index in [2.05, 4.69) is 9.80 Å². The topological polar surface area (TPSA) is 75.1 Å².